The summed E-state index contributed by atoms with van der Waals surface area (Å²) in [5.74, 6) is -0.534. The Morgan fingerprint density at radius 1 is 0.437 bits per heavy atom. The first-order valence-corrected chi connectivity index (χ1v) is 30.3. The summed E-state index contributed by atoms with van der Waals surface area (Å²) in [7, 11) is 0. The van der Waals surface area contributed by atoms with Gasteiger partial charge in [0.25, 0.3) is 0 Å². The van der Waals surface area contributed by atoms with Crippen molar-refractivity contribution in [1.29, 1.82) is 0 Å². The Labute approximate surface area is 440 Å². The third-order valence-electron chi connectivity index (χ3n) is 13.5. The molecule has 410 valence electrons. The maximum atomic E-state index is 13.3. The molecule has 0 rings (SSSR count). The minimum Gasteiger partial charge on any atom is -0.462 e. The fraction of sp³-hybridized carbons (Fsp3) is 0.754. The molecule has 0 aromatic rings. The summed E-state index contributed by atoms with van der Waals surface area (Å²) in [6.45, 7) is 6.38. The van der Waals surface area contributed by atoms with Gasteiger partial charge in [0.2, 0.25) is 5.91 Å². The number of ether oxygens (including phenoxy) is 1. The third-order valence-corrected chi connectivity index (χ3v) is 13.5. The lowest BCUT2D eigenvalue weighted by Crippen LogP contribution is -2.46. The number of hydrogen-bond donors (Lipinski definition) is 3. The minimum atomic E-state index is -0.806. The fourth-order valence-electron chi connectivity index (χ4n) is 8.92. The molecular formula is C65H115NO5. The van der Waals surface area contributed by atoms with E-state index in [0.717, 1.165) is 109 Å². The van der Waals surface area contributed by atoms with Crippen LogP contribution in [0.25, 0.3) is 0 Å². The van der Waals surface area contributed by atoms with Gasteiger partial charge in [-0.05, 0) is 96.3 Å². The maximum absolute atomic E-state index is 13.3. The molecule has 0 aliphatic heterocycles. The molecule has 1 amide bonds. The summed E-state index contributed by atoms with van der Waals surface area (Å²) in [5.41, 5.74) is 0. The first kappa shape index (κ1) is 68.0. The molecule has 6 heteroatoms. The van der Waals surface area contributed by atoms with Crippen molar-refractivity contribution in [2.75, 3.05) is 6.61 Å². The van der Waals surface area contributed by atoms with Crippen molar-refractivity contribution in [2.24, 2.45) is 0 Å². The van der Waals surface area contributed by atoms with E-state index in [2.05, 4.69) is 111 Å². The van der Waals surface area contributed by atoms with Crippen LogP contribution in [-0.2, 0) is 14.3 Å². The normalized spacial score (nSPS) is 13.7. The Balaban J connectivity index is 4.65. The van der Waals surface area contributed by atoms with E-state index in [0.29, 0.717) is 19.3 Å². The van der Waals surface area contributed by atoms with Crippen molar-refractivity contribution >= 4 is 11.9 Å². The van der Waals surface area contributed by atoms with Crippen LogP contribution < -0.4 is 5.32 Å². The van der Waals surface area contributed by atoms with Crippen LogP contribution in [0.1, 0.15) is 290 Å². The molecule has 0 heterocycles. The van der Waals surface area contributed by atoms with E-state index in [9.17, 15) is 19.8 Å². The van der Waals surface area contributed by atoms with Gasteiger partial charge in [-0.25, -0.2) is 0 Å². The molecule has 0 fully saturated rings. The molecular weight excluding hydrogens is 875 g/mol. The molecule has 71 heavy (non-hydrogen) atoms. The lowest BCUT2D eigenvalue weighted by Gasteiger charge is -2.24. The summed E-state index contributed by atoms with van der Waals surface area (Å²) in [6, 6.07) is -0.723. The molecule has 0 aromatic heterocycles. The number of esters is 1. The molecule has 3 N–H and O–H groups in total. The second kappa shape index (κ2) is 57.9. The Bertz CT molecular complexity index is 1340. The lowest BCUT2D eigenvalue weighted by molar-refractivity contribution is -0.151. The summed E-state index contributed by atoms with van der Waals surface area (Å²) in [4.78, 5) is 26.3. The number of hydrogen-bond acceptors (Lipinski definition) is 5. The van der Waals surface area contributed by atoms with Crippen LogP contribution in [0.15, 0.2) is 85.1 Å². The van der Waals surface area contributed by atoms with Crippen molar-refractivity contribution in [1.82, 2.24) is 5.32 Å². The van der Waals surface area contributed by atoms with E-state index in [-0.39, 0.29) is 24.9 Å². The highest BCUT2D eigenvalue weighted by Crippen LogP contribution is 2.18. The smallest absolute Gasteiger partial charge is 0.306 e. The molecule has 0 spiro atoms. The zero-order chi connectivity index (χ0) is 51.6. The topological polar surface area (TPSA) is 95.9 Å². The molecule has 0 saturated heterocycles. The van der Waals surface area contributed by atoms with Crippen LogP contribution in [0.3, 0.4) is 0 Å². The number of aliphatic hydroxyl groups is 2. The van der Waals surface area contributed by atoms with Gasteiger partial charge in [0, 0.05) is 6.42 Å². The molecule has 3 atom stereocenters. The SMILES string of the molecule is CC/C=C\C/C=C\C/C=C\C/C=C\C/C=C\CCCCCC(=O)OC(CCCCC/C=C/C=C/CCCCCCCCC)CC(=O)NC(CO)C(O)CCCCCCCCCCCCCCCCCCC. The Morgan fingerprint density at radius 2 is 0.803 bits per heavy atom. The van der Waals surface area contributed by atoms with Crippen LogP contribution >= 0.6 is 0 Å². The monoisotopic (exact) mass is 990 g/mol. The quantitative estimate of drug-likeness (QED) is 0.0244. The Hall–Kier alpha value is -2.96. The zero-order valence-corrected chi connectivity index (χ0v) is 46.8. The minimum absolute atomic E-state index is 0.0432. The molecule has 0 saturated carbocycles. The zero-order valence-electron chi connectivity index (χ0n) is 46.8. The van der Waals surface area contributed by atoms with E-state index in [1.807, 2.05) is 0 Å². The van der Waals surface area contributed by atoms with Crippen LogP contribution in [-0.4, -0.2) is 46.9 Å². The number of carbonyl (C=O) groups excluding carboxylic acids is 2. The van der Waals surface area contributed by atoms with Crippen molar-refractivity contribution in [2.45, 2.75) is 309 Å². The largest absolute Gasteiger partial charge is 0.462 e. The summed E-state index contributed by atoms with van der Waals surface area (Å²) < 4.78 is 5.94. The number of amides is 1. The van der Waals surface area contributed by atoms with Gasteiger partial charge in [-0.1, -0.05) is 266 Å². The lowest BCUT2D eigenvalue weighted by atomic mass is 10.0. The average molecular weight is 991 g/mol. The first-order chi connectivity index (χ1) is 35.0. The summed E-state index contributed by atoms with van der Waals surface area (Å²) in [5, 5.41) is 23.9. The first-order valence-electron chi connectivity index (χ1n) is 30.3. The van der Waals surface area contributed by atoms with Gasteiger partial charge in [0.15, 0.2) is 0 Å². The number of rotatable bonds is 54. The Morgan fingerprint density at radius 3 is 1.25 bits per heavy atom. The van der Waals surface area contributed by atoms with E-state index < -0.39 is 18.2 Å². The highest BCUT2D eigenvalue weighted by Gasteiger charge is 2.24. The average Bonchev–Trinajstić information content (AvgIpc) is 3.36. The van der Waals surface area contributed by atoms with E-state index >= 15 is 0 Å². The van der Waals surface area contributed by atoms with Crippen LogP contribution in [0.2, 0.25) is 0 Å². The maximum Gasteiger partial charge on any atom is 0.306 e. The molecule has 6 nitrogen and oxygen atoms in total. The molecule has 0 aliphatic rings. The molecule has 0 aromatic carbocycles. The molecule has 0 bridgehead atoms. The van der Waals surface area contributed by atoms with Crippen LogP contribution in [0.4, 0.5) is 0 Å². The van der Waals surface area contributed by atoms with Crippen molar-refractivity contribution in [3.63, 3.8) is 0 Å². The third kappa shape index (κ3) is 53.2. The summed E-state index contributed by atoms with van der Waals surface area (Å²) >= 11 is 0. The van der Waals surface area contributed by atoms with Gasteiger partial charge >= 0.3 is 5.97 Å². The van der Waals surface area contributed by atoms with Crippen molar-refractivity contribution in [3.8, 4) is 0 Å². The molecule has 0 radical (unpaired) electrons. The number of aliphatic hydroxyl groups excluding tert-OH is 2. The van der Waals surface area contributed by atoms with Crippen LogP contribution in [0, 0.1) is 0 Å². The second-order valence-corrected chi connectivity index (χ2v) is 20.4. The number of carbonyl (C=O) groups is 2. The highest BCUT2D eigenvalue weighted by atomic mass is 16.5. The highest BCUT2D eigenvalue weighted by molar-refractivity contribution is 5.77. The number of nitrogens with one attached hydrogen (secondary N) is 1. The predicted octanol–water partition coefficient (Wildman–Crippen LogP) is 19.1. The molecule has 0 aliphatic carbocycles. The standard InChI is InChI=1S/C65H115NO5/c1-4-7-10-13-16-19-22-25-28-31-32-34-37-40-43-46-49-52-55-58-65(70)71-61(56-53-50-47-44-41-38-35-30-27-24-21-18-15-12-9-6-3)59-64(69)66-62(60-67)63(68)57-54-51-48-45-42-39-36-33-29-26-23-20-17-14-11-8-5-2/h7,10,16,19,25,28,30,32,34-35,38,40-41,43,61-63,67-68H,4-6,8-9,11-15,17-18,20-24,26-27,29,31,33,36-37,39,42,44-60H2,1-3H3,(H,66,69)/b10-7-,19-16-,28-25-,34-32-,35-30+,41-38+,43-40-. The number of allylic oxidation sites excluding steroid dienone is 14. The molecule has 3 unspecified atom stereocenters. The Kier molecular flexibility index (Phi) is 55.5. The second-order valence-electron chi connectivity index (χ2n) is 20.4. The van der Waals surface area contributed by atoms with E-state index in [1.54, 1.807) is 0 Å². The predicted molar refractivity (Wildman–Crippen MR) is 310 cm³/mol. The van der Waals surface area contributed by atoms with Gasteiger partial charge in [-0.2, -0.15) is 0 Å². The number of unbranched alkanes of at least 4 members (excludes halogenated alkanes) is 29. The van der Waals surface area contributed by atoms with Crippen molar-refractivity contribution in [3.05, 3.63) is 85.1 Å². The van der Waals surface area contributed by atoms with E-state index in [1.165, 1.54) is 135 Å². The van der Waals surface area contributed by atoms with Crippen LogP contribution in [0.5, 0.6) is 0 Å². The van der Waals surface area contributed by atoms with Gasteiger partial charge in [0.1, 0.15) is 6.10 Å². The van der Waals surface area contributed by atoms with Gasteiger partial charge < -0.3 is 20.3 Å². The fourth-order valence-corrected chi connectivity index (χ4v) is 8.92. The van der Waals surface area contributed by atoms with Gasteiger partial charge in [0.05, 0.1) is 25.2 Å². The summed E-state index contributed by atoms with van der Waals surface area (Å²) in [6.07, 6.45) is 76.5. The van der Waals surface area contributed by atoms with E-state index in [4.69, 9.17) is 4.74 Å². The van der Waals surface area contributed by atoms with Crippen molar-refractivity contribution < 1.29 is 24.5 Å². The van der Waals surface area contributed by atoms with Gasteiger partial charge in [-0.3, -0.25) is 9.59 Å². The van der Waals surface area contributed by atoms with Gasteiger partial charge in [-0.15, -0.1) is 0 Å².